The van der Waals surface area contributed by atoms with Crippen molar-refractivity contribution in [3.05, 3.63) is 53.8 Å². The Bertz CT molecular complexity index is 1160. The predicted octanol–water partition coefficient (Wildman–Crippen LogP) is 5.91. The molecular weight excluding hydrogens is 512 g/mol. The zero-order valence-electron chi connectivity index (χ0n) is 22.2. The molecule has 0 bridgehead atoms. The van der Waals surface area contributed by atoms with Crippen LogP contribution in [0.5, 0.6) is 5.75 Å². The Morgan fingerprint density at radius 3 is 2.33 bits per heavy atom. The van der Waals surface area contributed by atoms with Crippen LogP contribution in [0, 0.1) is 17.2 Å². The van der Waals surface area contributed by atoms with Crippen molar-refractivity contribution >= 4 is 5.91 Å². The summed E-state index contributed by atoms with van der Waals surface area (Å²) in [5.74, 6) is 0.149. The van der Waals surface area contributed by atoms with E-state index in [1.54, 1.807) is 41.3 Å². The summed E-state index contributed by atoms with van der Waals surface area (Å²) >= 11 is 0. The molecule has 2 saturated heterocycles. The highest BCUT2D eigenvalue weighted by Crippen LogP contribution is 2.53. The molecule has 5 nitrogen and oxygen atoms in total. The van der Waals surface area contributed by atoms with Gasteiger partial charge in [0.2, 0.25) is 0 Å². The third kappa shape index (κ3) is 5.94. The molecule has 1 aliphatic carbocycles. The number of ether oxygens (including phenoxy) is 1. The molecule has 1 amide bonds. The Balaban J connectivity index is 1.12. The topological polar surface area (TPSA) is 53.0 Å². The largest absolute Gasteiger partial charge is 0.493 e. The number of β-amino-alcohol motifs (C(OH)–C–C–N with tert-alkyl or cyclic N) is 1. The van der Waals surface area contributed by atoms with E-state index in [1.807, 2.05) is 11.8 Å². The summed E-state index contributed by atoms with van der Waals surface area (Å²) in [7, 11) is 0. The SMILES string of the molecule is C[C@H]1C[C@@H](O)CN1C(=O)c1ccc(-c2ccc(OCC3CCN(CC4(C(F)(F)F)CCC4)CC3)cc2)c(F)c1. The van der Waals surface area contributed by atoms with Crippen molar-refractivity contribution in [2.75, 3.05) is 32.8 Å². The molecule has 2 aliphatic heterocycles. The van der Waals surface area contributed by atoms with Crippen LogP contribution in [0.1, 0.15) is 55.8 Å². The summed E-state index contributed by atoms with van der Waals surface area (Å²) in [6.07, 6.45) is -1.42. The molecule has 3 aliphatic rings. The second kappa shape index (κ2) is 11.1. The van der Waals surface area contributed by atoms with E-state index < -0.39 is 23.5 Å². The number of carbonyl (C=O) groups excluding carboxylic acids is 1. The summed E-state index contributed by atoms with van der Waals surface area (Å²) in [5, 5.41) is 9.82. The molecule has 9 heteroatoms. The first kappa shape index (κ1) is 27.9. The van der Waals surface area contributed by atoms with E-state index in [2.05, 4.69) is 0 Å². The van der Waals surface area contributed by atoms with Crippen LogP contribution >= 0.6 is 0 Å². The van der Waals surface area contributed by atoms with Crippen LogP contribution in [0.15, 0.2) is 42.5 Å². The fraction of sp³-hybridized carbons (Fsp3) is 0.567. The van der Waals surface area contributed by atoms with Crippen molar-refractivity contribution in [1.29, 1.82) is 0 Å². The summed E-state index contributed by atoms with van der Waals surface area (Å²) in [6, 6.07) is 11.4. The molecule has 0 unspecified atom stereocenters. The van der Waals surface area contributed by atoms with Crippen molar-refractivity contribution in [3.8, 4) is 16.9 Å². The predicted molar refractivity (Wildman–Crippen MR) is 140 cm³/mol. The van der Waals surface area contributed by atoms with Crippen molar-refractivity contribution in [3.63, 3.8) is 0 Å². The maximum absolute atomic E-state index is 15.0. The molecule has 1 N–H and O–H groups in total. The van der Waals surface area contributed by atoms with Crippen LogP contribution < -0.4 is 4.74 Å². The van der Waals surface area contributed by atoms with Crippen LogP contribution in [0.3, 0.4) is 0 Å². The Morgan fingerprint density at radius 1 is 1.10 bits per heavy atom. The van der Waals surface area contributed by atoms with E-state index in [1.165, 1.54) is 6.07 Å². The first-order valence-corrected chi connectivity index (χ1v) is 13.9. The summed E-state index contributed by atoms with van der Waals surface area (Å²) < 4.78 is 61.4. The van der Waals surface area contributed by atoms with Gasteiger partial charge in [-0.05, 0) is 87.9 Å². The number of aliphatic hydroxyl groups excluding tert-OH is 1. The van der Waals surface area contributed by atoms with Crippen molar-refractivity contribution in [2.24, 2.45) is 11.3 Å². The average molecular weight is 549 g/mol. The van der Waals surface area contributed by atoms with Gasteiger partial charge in [0.05, 0.1) is 18.1 Å². The van der Waals surface area contributed by atoms with E-state index in [0.717, 1.165) is 12.8 Å². The van der Waals surface area contributed by atoms with E-state index in [0.29, 0.717) is 49.4 Å². The minimum Gasteiger partial charge on any atom is -0.493 e. The van der Waals surface area contributed by atoms with Crippen LogP contribution in [-0.2, 0) is 0 Å². The van der Waals surface area contributed by atoms with Crippen LogP contribution in [0.25, 0.3) is 11.1 Å². The molecule has 2 heterocycles. The van der Waals surface area contributed by atoms with Gasteiger partial charge in [0.1, 0.15) is 11.6 Å². The number of hydrogen-bond acceptors (Lipinski definition) is 4. The van der Waals surface area contributed by atoms with Gasteiger partial charge in [-0.3, -0.25) is 4.79 Å². The molecule has 0 aromatic heterocycles. The lowest BCUT2D eigenvalue weighted by atomic mass is 9.67. The molecule has 2 atom stereocenters. The van der Waals surface area contributed by atoms with Crippen LogP contribution in [0.4, 0.5) is 17.6 Å². The van der Waals surface area contributed by atoms with E-state index >= 15 is 0 Å². The third-order valence-corrected chi connectivity index (χ3v) is 8.83. The highest BCUT2D eigenvalue weighted by molar-refractivity contribution is 5.95. The number of rotatable bonds is 7. The lowest BCUT2D eigenvalue weighted by Gasteiger charge is -2.47. The number of carbonyl (C=O) groups is 1. The molecule has 1 saturated carbocycles. The van der Waals surface area contributed by atoms with Crippen LogP contribution in [-0.4, -0.2) is 71.9 Å². The van der Waals surface area contributed by atoms with Gasteiger partial charge in [-0.15, -0.1) is 0 Å². The summed E-state index contributed by atoms with van der Waals surface area (Å²) in [5.41, 5.74) is -0.220. The minimum atomic E-state index is -4.13. The maximum atomic E-state index is 15.0. The molecular formula is C30H36F4N2O3. The number of amides is 1. The number of nitrogens with zero attached hydrogens (tertiary/aromatic N) is 2. The maximum Gasteiger partial charge on any atom is 0.395 e. The second-order valence-corrected chi connectivity index (χ2v) is 11.6. The quantitative estimate of drug-likeness (QED) is 0.437. The summed E-state index contributed by atoms with van der Waals surface area (Å²) in [6.45, 7) is 4.03. The third-order valence-electron chi connectivity index (χ3n) is 8.83. The van der Waals surface area contributed by atoms with Gasteiger partial charge in [0.15, 0.2) is 0 Å². The fourth-order valence-electron chi connectivity index (χ4n) is 6.15. The minimum absolute atomic E-state index is 0.0934. The Labute approximate surface area is 226 Å². The van der Waals surface area contributed by atoms with Crippen LogP contribution in [0.2, 0.25) is 0 Å². The zero-order valence-corrected chi connectivity index (χ0v) is 22.2. The van der Waals surface area contributed by atoms with E-state index in [-0.39, 0.29) is 49.4 Å². The zero-order chi connectivity index (χ0) is 27.8. The number of aliphatic hydroxyl groups is 1. The first-order valence-electron chi connectivity index (χ1n) is 13.9. The molecule has 3 fully saturated rings. The van der Waals surface area contributed by atoms with Gasteiger partial charge in [0, 0.05) is 30.3 Å². The van der Waals surface area contributed by atoms with Gasteiger partial charge in [-0.2, -0.15) is 13.2 Å². The number of piperidine rings is 1. The number of likely N-dealkylation sites (tertiary alicyclic amines) is 2. The molecule has 2 aromatic carbocycles. The second-order valence-electron chi connectivity index (χ2n) is 11.6. The van der Waals surface area contributed by atoms with E-state index in [4.69, 9.17) is 4.74 Å². The number of hydrogen-bond donors (Lipinski definition) is 1. The Kier molecular flexibility index (Phi) is 7.93. The smallest absolute Gasteiger partial charge is 0.395 e. The van der Waals surface area contributed by atoms with Gasteiger partial charge in [-0.1, -0.05) is 24.6 Å². The average Bonchev–Trinajstić information content (AvgIpc) is 3.22. The molecule has 0 spiro atoms. The van der Waals surface area contributed by atoms with Gasteiger partial charge < -0.3 is 19.6 Å². The van der Waals surface area contributed by atoms with Gasteiger partial charge >= 0.3 is 6.18 Å². The monoisotopic (exact) mass is 548 g/mol. The highest BCUT2D eigenvalue weighted by atomic mass is 19.4. The Hall–Kier alpha value is -2.65. The van der Waals surface area contributed by atoms with Gasteiger partial charge in [-0.25, -0.2) is 4.39 Å². The molecule has 212 valence electrons. The molecule has 0 radical (unpaired) electrons. The van der Waals surface area contributed by atoms with Gasteiger partial charge in [0.25, 0.3) is 5.91 Å². The van der Waals surface area contributed by atoms with E-state index in [9.17, 15) is 27.5 Å². The van der Waals surface area contributed by atoms with Crippen molar-refractivity contribution < 1.29 is 32.2 Å². The lowest BCUT2D eigenvalue weighted by Crippen LogP contribution is -2.53. The standard InChI is InChI=1S/C30H36F4N2O3/c1-20-15-24(37)17-36(20)28(38)23-5-8-26(27(31)16-23)22-3-6-25(7-4-22)39-18-21-9-13-35(14-10-21)19-29(11-2-12-29)30(32,33)34/h3-8,16,20-21,24,37H,2,9-15,17-19H2,1H3/t20-,24+/m0/s1. The molecule has 2 aromatic rings. The molecule has 39 heavy (non-hydrogen) atoms. The van der Waals surface area contributed by atoms with Crippen molar-refractivity contribution in [1.82, 2.24) is 9.80 Å². The number of alkyl halides is 3. The first-order chi connectivity index (χ1) is 18.5. The summed E-state index contributed by atoms with van der Waals surface area (Å²) in [4.78, 5) is 16.3. The highest BCUT2D eigenvalue weighted by Gasteiger charge is 2.58. The van der Waals surface area contributed by atoms with Crippen molar-refractivity contribution in [2.45, 2.75) is 63.8 Å². The Morgan fingerprint density at radius 2 is 1.79 bits per heavy atom. The molecule has 5 rings (SSSR count). The normalized spacial score (nSPS) is 24.0. The number of benzene rings is 2. The number of halogens is 4. The fourth-order valence-corrected chi connectivity index (χ4v) is 6.15. The lowest BCUT2D eigenvalue weighted by molar-refractivity contribution is -0.256.